The average molecular weight is 409 g/mol. The summed E-state index contributed by atoms with van der Waals surface area (Å²) in [6.07, 6.45) is -4.77. The van der Waals surface area contributed by atoms with Crippen LogP contribution in [0.1, 0.15) is 5.56 Å². The molecule has 0 aliphatic heterocycles. The molecule has 3 aromatic rings. The molecule has 2 aromatic carbocycles. The van der Waals surface area contributed by atoms with Crippen molar-refractivity contribution in [3.63, 3.8) is 0 Å². The van der Waals surface area contributed by atoms with Crippen LogP contribution in [0.4, 0.5) is 30.6 Å². The van der Waals surface area contributed by atoms with Crippen molar-refractivity contribution < 1.29 is 17.9 Å². The lowest BCUT2D eigenvalue weighted by Gasteiger charge is -2.14. The highest BCUT2D eigenvalue weighted by Crippen LogP contribution is 2.31. The first-order valence-corrected chi connectivity index (χ1v) is 8.58. The Bertz CT molecular complexity index is 975. The van der Waals surface area contributed by atoms with Gasteiger partial charge in [-0.2, -0.15) is 4.98 Å². The zero-order chi connectivity index (χ0) is 20.3. The number of hydrogen-bond donors (Lipinski definition) is 2. The Labute approximate surface area is 164 Å². The van der Waals surface area contributed by atoms with E-state index in [0.29, 0.717) is 33.7 Å². The molecule has 28 heavy (non-hydrogen) atoms. The van der Waals surface area contributed by atoms with Crippen LogP contribution >= 0.6 is 11.6 Å². The van der Waals surface area contributed by atoms with Gasteiger partial charge in [0.1, 0.15) is 11.6 Å². The second-order valence-electron chi connectivity index (χ2n) is 5.84. The highest BCUT2D eigenvalue weighted by Gasteiger charge is 2.31. The van der Waals surface area contributed by atoms with Crippen molar-refractivity contribution in [3.8, 4) is 17.0 Å². The molecule has 0 spiro atoms. The van der Waals surface area contributed by atoms with Gasteiger partial charge in [0.2, 0.25) is 5.95 Å². The van der Waals surface area contributed by atoms with E-state index in [1.807, 2.05) is 19.1 Å². The Hall–Kier alpha value is -3.00. The first-order chi connectivity index (χ1) is 13.2. The molecular formula is C19H16ClF3N4O. The number of nitrogens with zero attached hydrogens (tertiary/aromatic N) is 2. The highest BCUT2D eigenvalue weighted by molar-refractivity contribution is 6.33. The van der Waals surface area contributed by atoms with E-state index in [-0.39, 0.29) is 5.75 Å². The lowest BCUT2D eigenvalue weighted by atomic mass is 10.1. The number of aryl methyl sites for hydroxylation is 1. The number of aromatic nitrogens is 2. The minimum atomic E-state index is -4.77. The van der Waals surface area contributed by atoms with Gasteiger partial charge in [0, 0.05) is 18.7 Å². The summed E-state index contributed by atoms with van der Waals surface area (Å²) >= 11 is 6.25. The van der Waals surface area contributed by atoms with E-state index in [4.69, 9.17) is 11.6 Å². The monoisotopic (exact) mass is 408 g/mol. The average Bonchev–Trinajstić information content (AvgIpc) is 2.63. The smallest absolute Gasteiger partial charge is 0.406 e. The van der Waals surface area contributed by atoms with Crippen LogP contribution in [0.5, 0.6) is 5.75 Å². The summed E-state index contributed by atoms with van der Waals surface area (Å²) in [6.45, 7) is 1.90. The SMILES string of the molecule is CNc1nc(Nc2c(C)cccc2Cl)cc(-c2cccc(OC(F)(F)F)c2)n1. The Balaban J connectivity index is 1.99. The Kier molecular flexibility index (Phi) is 5.60. The van der Waals surface area contributed by atoms with Crippen LogP contribution in [0.15, 0.2) is 48.5 Å². The molecule has 0 aliphatic carbocycles. The molecule has 146 valence electrons. The lowest BCUT2D eigenvalue weighted by molar-refractivity contribution is -0.274. The molecule has 1 heterocycles. The van der Waals surface area contributed by atoms with Gasteiger partial charge in [0.05, 0.1) is 16.4 Å². The molecule has 9 heteroatoms. The van der Waals surface area contributed by atoms with Crippen molar-refractivity contribution in [2.45, 2.75) is 13.3 Å². The van der Waals surface area contributed by atoms with Gasteiger partial charge >= 0.3 is 6.36 Å². The minimum absolute atomic E-state index is 0.298. The van der Waals surface area contributed by atoms with Gasteiger partial charge in [0.25, 0.3) is 0 Å². The third-order valence-corrected chi connectivity index (χ3v) is 4.10. The van der Waals surface area contributed by atoms with Gasteiger partial charge in [0.15, 0.2) is 0 Å². The number of benzene rings is 2. The summed E-state index contributed by atoms with van der Waals surface area (Å²) in [6, 6.07) is 12.7. The van der Waals surface area contributed by atoms with Gasteiger partial charge in [-0.25, -0.2) is 4.98 Å². The third kappa shape index (κ3) is 4.83. The van der Waals surface area contributed by atoms with Crippen molar-refractivity contribution in [2.75, 3.05) is 17.7 Å². The van der Waals surface area contributed by atoms with Crippen LogP contribution < -0.4 is 15.4 Å². The zero-order valence-corrected chi connectivity index (χ0v) is 15.7. The fraction of sp³-hybridized carbons (Fsp3) is 0.158. The Morgan fingerprint density at radius 2 is 1.79 bits per heavy atom. The van der Waals surface area contributed by atoms with Gasteiger partial charge < -0.3 is 15.4 Å². The van der Waals surface area contributed by atoms with Crippen LogP contribution in [0, 0.1) is 6.92 Å². The molecule has 1 aromatic heterocycles. The number of ether oxygens (including phenoxy) is 1. The summed E-state index contributed by atoms with van der Waals surface area (Å²) in [5.41, 5.74) is 2.46. The molecular weight excluding hydrogens is 393 g/mol. The standard InChI is InChI=1S/C19H16ClF3N4O/c1-11-5-3-8-14(20)17(11)26-16-10-15(25-18(24-2)27-16)12-6-4-7-13(9-12)28-19(21,22)23/h3-10H,1-2H3,(H2,24,25,26,27). The maximum absolute atomic E-state index is 12.5. The normalized spacial score (nSPS) is 11.2. The predicted molar refractivity (Wildman–Crippen MR) is 103 cm³/mol. The van der Waals surface area contributed by atoms with Gasteiger partial charge in [-0.15, -0.1) is 13.2 Å². The molecule has 0 unspecified atom stereocenters. The van der Waals surface area contributed by atoms with Gasteiger partial charge in [-0.1, -0.05) is 35.9 Å². The molecule has 0 saturated heterocycles. The first-order valence-electron chi connectivity index (χ1n) is 8.20. The van der Waals surface area contributed by atoms with Gasteiger partial charge in [-0.05, 0) is 30.7 Å². The summed E-state index contributed by atoms with van der Waals surface area (Å²) < 4.78 is 41.5. The van der Waals surface area contributed by atoms with E-state index in [1.54, 1.807) is 25.2 Å². The minimum Gasteiger partial charge on any atom is -0.406 e. The third-order valence-electron chi connectivity index (χ3n) is 3.79. The largest absolute Gasteiger partial charge is 0.573 e. The number of hydrogen-bond acceptors (Lipinski definition) is 5. The van der Waals surface area contributed by atoms with Crippen molar-refractivity contribution >= 4 is 29.1 Å². The van der Waals surface area contributed by atoms with Crippen molar-refractivity contribution in [3.05, 3.63) is 59.1 Å². The van der Waals surface area contributed by atoms with E-state index in [9.17, 15) is 13.2 Å². The molecule has 0 saturated carbocycles. The van der Waals surface area contributed by atoms with Gasteiger partial charge in [-0.3, -0.25) is 0 Å². The summed E-state index contributed by atoms with van der Waals surface area (Å²) in [4.78, 5) is 8.65. The zero-order valence-electron chi connectivity index (χ0n) is 14.9. The van der Waals surface area contributed by atoms with Crippen LogP contribution in [0.2, 0.25) is 5.02 Å². The summed E-state index contributed by atoms with van der Waals surface area (Å²) in [7, 11) is 1.65. The van der Waals surface area contributed by atoms with Crippen LogP contribution in [-0.4, -0.2) is 23.4 Å². The van der Waals surface area contributed by atoms with Crippen molar-refractivity contribution in [1.29, 1.82) is 0 Å². The van der Waals surface area contributed by atoms with Crippen molar-refractivity contribution in [1.82, 2.24) is 9.97 Å². The highest BCUT2D eigenvalue weighted by atomic mass is 35.5. The molecule has 3 rings (SSSR count). The molecule has 0 amide bonds. The summed E-state index contributed by atoms with van der Waals surface area (Å²) in [5.74, 6) is 0.408. The number of nitrogens with one attached hydrogen (secondary N) is 2. The van der Waals surface area contributed by atoms with E-state index in [2.05, 4.69) is 25.3 Å². The van der Waals surface area contributed by atoms with E-state index >= 15 is 0 Å². The van der Waals surface area contributed by atoms with E-state index < -0.39 is 6.36 Å². The maximum Gasteiger partial charge on any atom is 0.573 e. The molecule has 0 aliphatic rings. The van der Waals surface area contributed by atoms with Crippen LogP contribution in [0.25, 0.3) is 11.3 Å². The second-order valence-corrected chi connectivity index (χ2v) is 6.25. The van der Waals surface area contributed by atoms with E-state index in [0.717, 1.165) is 5.56 Å². The number of halogens is 4. The molecule has 0 radical (unpaired) electrons. The molecule has 0 fully saturated rings. The Morgan fingerprint density at radius 3 is 2.46 bits per heavy atom. The van der Waals surface area contributed by atoms with E-state index in [1.165, 1.54) is 18.2 Å². The maximum atomic E-state index is 12.5. The fourth-order valence-corrected chi connectivity index (χ4v) is 2.81. The molecule has 2 N–H and O–H groups in total. The second kappa shape index (κ2) is 7.93. The predicted octanol–water partition coefficient (Wildman–Crippen LogP) is 5.79. The van der Waals surface area contributed by atoms with Crippen LogP contribution in [0.3, 0.4) is 0 Å². The number of rotatable bonds is 5. The molecule has 0 bridgehead atoms. The number of para-hydroxylation sites is 1. The summed E-state index contributed by atoms with van der Waals surface area (Å²) in [5, 5.41) is 6.50. The molecule has 0 atom stereocenters. The Morgan fingerprint density at radius 1 is 1.04 bits per heavy atom. The fourth-order valence-electron chi connectivity index (χ4n) is 2.54. The quantitative estimate of drug-likeness (QED) is 0.559. The lowest BCUT2D eigenvalue weighted by Crippen LogP contribution is -2.17. The number of anilines is 3. The van der Waals surface area contributed by atoms with Crippen molar-refractivity contribution in [2.24, 2.45) is 0 Å². The molecule has 5 nitrogen and oxygen atoms in total. The van der Waals surface area contributed by atoms with Crippen LogP contribution in [-0.2, 0) is 0 Å². The number of alkyl halides is 3. The topological polar surface area (TPSA) is 59.1 Å². The first kappa shape index (κ1) is 19.8.